The maximum absolute atomic E-state index is 12.7. The highest BCUT2D eigenvalue weighted by molar-refractivity contribution is 6.04. The van der Waals surface area contributed by atoms with Crippen LogP contribution in [-0.4, -0.2) is 56.9 Å². The van der Waals surface area contributed by atoms with E-state index in [-0.39, 0.29) is 23.9 Å². The van der Waals surface area contributed by atoms with Crippen LogP contribution in [0.15, 0.2) is 24.4 Å². The maximum Gasteiger partial charge on any atom is 0.340 e. The van der Waals surface area contributed by atoms with Crippen LogP contribution in [-0.2, 0) is 4.74 Å². The fraction of sp³-hybridized carbons (Fsp3) is 0.526. The van der Waals surface area contributed by atoms with Gasteiger partial charge in [0.1, 0.15) is 11.9 Å². The number of aromatic hydroxyl groups is 1. The largest absolute Gasteiger partial charge is 0.508 e. The first-order valence-corrected chi connectivity index (χ1v) is 9.03. The second-order valence-corrected chi connectivity index (χ2v) is 7.73. The van der Waals surface area contributed by atoms with Crippen molar-refractivity contribution in [3.63, 3.8) is 0 Å². The molecule has 0 amide bonds. The summed E-state index contributed by atoms with van der Waals surface area (Å²) in [6, 6.07) is 5.77. The Morgan fingerprint density at radius 2 is 1.96 bits per heavy atom. The number of aliphatic hydroxyl groups excluding tert-OH is 1. The number of ether oxygens (including phenoxy) is 1. The van der Waals surface area contributed by atoms with Crippen LogP contribution < -0.4 is 0 Å². The molecule has 6 rings (SSSR count). The van der Waals surface area contributed by atoms with Crippen LogP contribution in [0.25, 0.3) is 10.9 Å². The molecule has 4 aliphatic rings. The second-order valence-electron chi connectivity index (χ2n) is 7.73. The number of aromatic amines is 1. The fourth-order valence-electron chi connectivity index (χ4n) is 5.10. The van der Waals surface area contributed by atoms with Crippen molar-refractivity contribution in [3.05, 3.63) is 30.0 Å². The number of carbonyl (C=O) groups excluding carboxylic acids is 1. The molecule has 1 aromatic carbocycles. The van der Waals surface area contributed by atoms with Crippen molar-refractivity contribution in [2.24, 2.45) is 5.92 Å². The zero-order valence-corrected chi connectivity index (χ0v) is 13.9. The lowest BCUT2D eigenvalue weighted by Gasteiger charge is -2.56. The standard InChI is InChI=1S/C19H22N2O4/c22-13-1-2-17-15(7-13)16(8-20-17)19(24)25-14-5-11-3-10-4-12(6-14)21(11)9-18(10)23/h1-2,7-8,10-12,14,18,20,22-23H,3-6,9H2. The van der Waals surface area contributed by atoms with E-state index in [4.69, 9.17) is 4.74 Å². The number of benzene rings is 1. The molecule has 2 aromatic rings. The van der Waals surface area contributed by atoms with Crippen molar-refractivity contribution in [1.82, 2.24) is 9.88 Å². The van der Waals surface area contributed by atoms with Crippen LogP contribution in [0.3, 0.4) is 0 Å². The molecule has 3 N–H and O–H groups in total. The molecule has 0 spiro atoms. The predicted octanol–water partition coefficient (Wildman–Crippen LogP) is 2.02. The first kappa shape index (κ1) is 15.2. The van der Waals surface area contributed by atoms with Gasteiger partial charge in [0, 0.05) is 48.6 Å². The summed E-state index contributed by atoms with van der Waals surface area (Å²) in [7, 11) is 0. The summed E-state index contributed by atoms with van der Waals surface area (Å²) in [6.07, 6.45) is 5.10. The van der Waals surface area contributed by atoms with E-state index in [0.29, 0.717) is 29.0 Å². The van der Waals surface area contributed by atoms with Gasteiger partial charge in [0.15, 0.2) is 0 Å². The average molecular weight is 342 g/mol. The number of H-pyrrole nitrogens is 1. The van der Waals surface area contributed by atoms with Crippen molar-refractivity contribution in [2.45, 2.75) is 50.0 Å². The van der Waals surface area contributed by atoms with Gasteiger partial charge in [-0.05, 0) is 37.0 Å². The number of hydrogen-bond donors (Lipinski definition) is 3. The molecule has 4 bridgehead atoms. The highest BCUT2D eigenvalue weighted by atomic mass is 16.5. The van der Waals surface area contributed by atoms with Gasteiger partial charge in [0.05, 0.1) is 11.7 Å². The Morgan fingerprint density at radius 1 is 1.20 bits per heavy atom. The van der Waals surface area contributed by atoms with E-state index < -0.39 is 0 Å². The number of aromatic nitrogens is 1. The Bertz CT molecular complexity index is 816. The molecule has 0 radical (unpaired) electrons. The Kier molecular flexibility index (Phi) is 3.33. The zero-order valence-electron chi connectivity index (χ0n) is 13.9. The molecule has 3 unspecified atom stereocenters. The van der Waals surface area contributed by atoms with Crippen LogP contribution in [0.2, 0.25) is 0 Å². The Labute approximate surface area is 145 Å². The highest BCUT2D eigenvalue weighted by Crippen LogP contribution is 2.43. The monoisotopic (exact) mass is 342 g/mol. The lowest BCUT2D eigenvalue weighted by Crippen LogP contribution is -2.64. The number of hydrogen-bond acceptors (Lipinski definition) is 5. The number of nitrogens with zero attached hydrogens (tertiary/aromatic N) is 1. The summed E-state index contributed by atoms with van der Waals surface area (Å²) in [5, 5.41) is 20.4. The third-order valence-corrected chi connectivity index (χ3v) is 6.26. The zero-order chi connectivity index (χ0) is 17.1. The minimum atomic E-state index is -0.331. The molecule has 25 heavy (non-hydrogen) atoms. The van der Waals surface area contributed by atoms with E-state index in [0.717, 1.165) is 37.7 Å². The number of aliphatic hydroxyl groups is 1. The van der Waals surface area contributed by atoms with Crippen molar-refractivity contribution in [2.75, 3.05) is 6.54 Å². The van der Waals surface area contributed by atoms with Gasteiger partial charge in [-0.2, -0.15) is 0 Å². The van der Waals surface area contributed by atoms with Crippen LogP contribution in [0.5, 0.6) is 5.75 Å². The number of fused-ring (bicyclic) bond motifs is 2. The molecular formula is C19H22N2O4. The van der Waals surface area contributed by atoms with Gasteiger partial charge in [-0.1, -0.05) is 0 Å². The fourth-order valence-corrected chi connectivity index (χ4v) is 5.10. The van der Waals surface area contributed by atoms with Gasteiger partial charge in [-0.15, -0.1) is 0 Å². The number of phenols is 1. The normalized spacial score (nSPS) is 36.5. The summed E-state index contributed by atoms with van der Waals surface area (Å²) in [5.74, 6) is 0.214. The average Bonchev–Trinajstić information content (AvgIpc) is 2.98. The Hall–Kier alpha value is -2.05. The lowest BCUT2D eigenvalue weighted by molar-refractivity contribution is -0.130. The van der Waals surface area contributed by atoms with Crippen molar-refractivity contribution in [3.8, 4) is 5.75 Å². The minimum Gasteiger partial charge on any atom is -0.508 e. The minimum absolute atomic E-state index is 0.0720. The van der Waals surface area contributed by atoms with Gasteiger partial charge in [0.25, 0.3) is 0 Å². The summed E-state index contributed by atoms with van der Waals surface area (Å²) < 4.78 is 5.82. The number of rotatable bonds is 2. The second kappa shape index (κ2) is 5.47. The van der Waals surface area contributed by atoms with Crippen molar-refractivity contribution >= 4 is 16.9 Å². The molecule has 4 fully saturated rings. The maximum atomic E-state index is 12.7. The van der Waals surface area contributed by atoms with Crippen LogP contribution >= 0.6 is 0 Å². The number of carbonyl (C=O) groups is 1. The Morgan fingerprint density at radius 3 is 2.68 bits per heavy atom. The molecule has 6 nitrogen and oxygen atoms in total. The molecule has 132 valence electrons. The van der Waals surface area contributed by atoms with E-state index in [1.54, 1.807) is 24.4 Å². The molecule has 0 aliphatic carbocycles. The van der Waals surface area contributed by atoms with Gasteiger partial charge < -0.3 is 19.9 Å². The number of piperidine rings is 4. The first-order valence-electron chi connectivity index (χ1n) is 9.03. The van der Waals surface area contributed by atoms with E-state index in [2.05, 4.69) is 9.88 Å². The number of phenolic OH excluding ortho intramolecular Hbond substituents is 1. The third-order valence-electron chi connectivity index (χ3n) is 6.26. The molecule has 0 saturated carbocycles. The summed E-state index contributed by atoms with van der Waals surface area (Å²) in [5.41, 5.74) is 1.28. The Balaban J connectivity index is 1.33. The first-order chi connectivity index (χ1) is 12.1. The lowest BCUT2D eigenvalue weighted by atomic mass is 9.71. The predicted molar refractivity (Wildman–Crippen MR) is 91.4 cm³/mol. The third kappa shape index (κ3) is 2.43. The highest BCUT2D eigenvalue weighted by Gasteiger charge is 2.49. The topological polar surface area (TPSA) is 85.8 Å². The van der Waals surface area contributed by atoms with Crippen LogP contribution in [0.1, 0.15) is 36.0 Å². The molecule has 4 aliphatic heterocycles. The van der Waals surface area contributed by atoms with Crippen molar-refractivity contribution < 1.29 is 19.7 Å². The molecule has 1 aromatic heterocycles. The van der Waals surface area contributed by atoms with Crippen molar-refractivity contribution in [1.29, 1.82) is 0 Å². The molecule has 3 atom stereocenters. The van der Waals surface area contributed by atoms with E-state index in [1.807, 2.05) is 0 Å². The van der Waals surface area contributed by atoms with Gasteiger partial charge in [-0.25, -0.2) is 4.79 Å². The molecular weight excluding hydrogens is 320 g/mol. The van der Waals surface area contributed by atoms with Gasteiger partial charge in [0.2, 0.25) is 0 Å². The van der Waals surface area contributed by atoms with Gasteiger partial charge in [-0.3, -0.25) is 4.90 Å². The summed E-state index contributed by atoms with van der Waals surface area (Å²) in [6.45, 7) is 0.766. The van der Waals surface area contributed by atoms with Gasteiger partial charge >= 0.3 is 5.97 Å². The summed E-state index contributed by atoms with van der Waals surface area (Å²) in [4.78, 5) is 18.1. The number of esters is 1. The molecule has 6 heteroatoms. The SMILES string of the molecule is O=C(OC1CC2CC3CC(C1)N2CC3O)c1c[nH]c2ccc(O)cc12. The van der Waals surface area contributed by atoms with E-state index >= 15 is 0 Å². The smallest absolute Gasteiger partial charge is 0.340 e. The van der Waals surface area contributed by atoms with E-state index in [1.165, 1.54) is 0 Å². The quantitative estimate of drug-likeness (QED) is 0.727. The molecule has 4 saturated heterocycles. The molecule has 5 heterocycles. The number of nitrogens with one attached hydrogen (secondary N) is 1. The van der Waals surface area contributed by atoms with E-state index in [9.17, 15) is 15.0 Å². The van der Waals surface area contributed by atoms with Crippen LogP contribution in [0.4, 0.5) is 0 Å². The van der Waals surface area contributed by atoms with Crippen LogP contribution in [0, 0.1) is 5.92 Å². The summed E-state index contributed by atoms with van der Waals surface area (Å²) >= 11 is 0.